The molecule has 3 N–H and O–H groups in total. The molecule has 1 fully saturated rings. The molecule has 0 amide bonds. The molecule has 1 aliphatic heterocycles. The molecule has 1 saturated heterocycles. The molecule has 1 aromatic carbocycles. The number of halogens is 1. The van der Waals surface area contributed by atoms with Crippen molar-refractivity contribution in [1.82, 2.24) is 15.2 Å². The lowest BCUT2D eigenvalue weighted by Crippen LogP contribution is -2.55. The van der Waals surface area contributed by atoms with E-state index in [1.54, 1.807) is 0 Å². The number of nitrogens with zero attached hydrogens (tertiary/aromatic N) is 2. The van der Waals surface area contributed by atoms with Gasteiger partial charge >= 0.3 is 0 Å². The fraction of sp³-hybridized carbons (Fsp3) is 0.467. The highest BCUT2D eigenvalue weighted by Gasteiger charge is 2.32. The van der Waals surface area contributed by atoms with Gasteiger partial charge in [0.25, 0.3) is 0 Å². The van der Waals surface area contributed by atoms with Crippen molar-refractivity contribution < 1.29 is 4.42 Å². The van der Waals surface area contributed by atoms with Crippen LogP contribution in [0.2, 0.25) is 5.02 Å². The smallest absolute Gasteiger partial charge is 0.152 e. The number of nitrogens with one attached hydrogen (secondary N) is 1. The highest BCUT2D eigenvalue weighted by atomic mass is 35.5. The van der Waals surface area contributed by atoms with Gasteiger partial charge in [0.2, 0.25) is 0 Å². The number of rotatable bonds is 3. The molecule has 1 aliphatic rings. The van der Waals surface area contributed by atoms with Gasteiger partial charge in [0.1, 0.15) is 5.76 Å². The SMILES string of the molecule is CN1CCN(C)C(C(NN)c2cc3cccc(Cl)c3o2)C1. The van der Waals surface area contributed by atoms with Crippen molar-refractivity contribution in [1.29, 1.82) is 0 Å². The Morgan fingerprint density at radius 2 is 2.19 bits per heavy atom. The molecule has 5 nitrogen and oxygen atoms in total. The number of fused-ring (bicyclic) bond motifs is 1. The standard InChI is InChI=1S/C15H21ClN4O/c1-19-6-7-20(2)12(9-19)14(18-17)13-8-10-4-3-5-11(16)15(10)21-13/h3-5,8,12,14,18H,6-7,9,17H2,1-2H3. The van der Waals surface area contributed by atoms with Crippen molar-refractivity contribution in [3.05, 3.63) is 35.0 Å². The largest absolute Gasteiger partial charge is 0.458 e. The normalized spacial score (nSPS) is 22.8. The number of para-hydroxylation sites is 1. The van der Waals surface area contributed by atoms with Gasteiger partial charge in [-0.3, -0.25) is 10.7 Å². The Balaban J connectivity index is 1.95. The minimum Gasteiger partial charge on any atom is -0.458 e. The van der Waals surface area contributed by atoms with Crippen LogP contribution in [0.5, 0.6) is 0 Å². The summed E-state index contributed by atoms with van der Waals surface area (Å²) < 4.78 is 5.97. The molecule has 2 aromatic rings. The molecule has 2 atom stereocenters. The zero-order valence-electron chi connectivity index (χ0n) is 12.3. The summed E-state index contributed by atoms with van der Waals surface area (Å²) in [4.78, 5) is 4.63. The van der Waals surface area contributed by atoms with Gasteiger partial charge < -0.3 is 9.32 Å². The van der Waals surface area contributed by atoms with Crippen LogP contribution in [0.25, 0.3) is 11.0 Å². The highest BCUT2D eigenvalue weighted by molar-refractivity contribution is 6.34. The maximum Gasteiger partial charge on any atom is 0.152 e. The van der Waals surface area contributed by atoms with Gasteiger partial charge in [-0.1, -0.05) is 23.7 Å². The summed E-state index contributed by atoms with van der Waals surface area (Å²) in [7, 11) is 4.25. The second-order valence-corrected chi connectivity index (χ2v) is 6.17. The van der Waals surface area contributed by atoms with Crippen LogP contribution in [0.4, 0.5) is 0 Å². The minimum atomic E-state index is -0.0683. The van der Waals surface area contributed by atoms with Crippen molar-refractivity contribution in [3.8, 4) is 0 Å². The Morgan fingerprint density at radius 3 is 2.90 bits per heavy atom. The molecule has 1 aromatic heterocycles. The van der Waals surface area contributed by atoms with Gasteiger partial charge in [0, 0.05) is 31.1 Å². The zero-order valence-corrected chi connectivity index (χ0v) is 13.1. The van der Waals surface area contributed by atoms with Gasteiger partial charge in [-0.25, -0.2) is 5.43 Å². The van der Waals surface area contributed by atoms with E-state index in [1.165, 1.54) is 0 Å². The fourth-order valence-electron chi connectivity index (χ4n) is 2.99. The van der Waals surface area contributed by atoms with Crippen LogP contribution in [-0.2, 0) is 0 Å². The Labute approximate surface area is 129 Å². The fourth-order valence-corrected chi connectivity index (χ4v) is 3.21. The summed E-state index contributed by atoms with van der Waals surface area (Å²) in [5.74, 6) is 6.64. The highest BCUT2D eigenvalue weighted by Crippen LogP contribution is 2.31. The predicted octanol–water partition coefficient (Wildman–Crippen LogP) is 1.84. The van der Waals surface area contributed by atoms with E-state index in [0.717, 1.165) is 36.4 Å². The molecule has 2 heterocycles. The number of hydrazine groups is 1. The molecular formula is C15H21ClN4O. The topological polar surface area (TPSA) is 57.7 Å². The van der Waals surface area contributed by atoms with Gasteiger partial charge in [-0.15, -0.1) is 0 Å². The van der Waals surface area contributed by atoms with Crippen LogP contribution in [0.15, 0.2) is 28.7 Å². The first-order valence-corrected chi connectivity index (χ1v) is 7.51. The average Bonchev–Trinajstić information content (AvgIpc) is 2.89. The number of benzene rings is 1. The molecule has 114 valence electrons. The average molecular weight is 309 g/mol. The summed E-state index contributed by atoms with van der Waals surface area (Å²) in [5.41, 5.74) is 3.64. The minimum absolute atomic E-state index is 0.0683. The van der Waals surface area contributed by atoms with E-state index >= 15 is 0 Å². The first-order chi connectivity index (χ1) is 10.1. The lowest BCUT2D eigenvalue weighted by Gasteiger charge is -2.40. The number of piperazine rings is 1. The van der Waals surface area contributed by atoms with Crippen molar-refractivity contribution in [3.63, 3.8) is 0 Å². The maximum absolute atomic E-state index is 6.19. The van der Waals surface area contributed by atoms with Crippen molar-refractivity contribution >= 4 is 22.6 Å². The third-order valence-corrected chi connectivity index (χ3v) is 4.58. The number of nitrogens with two attached hydrogens (primary N) is 1. The molecule has 6 heteroatoms. The Morgan fingerprint density at radius 1 is 1.38 bits per heavy atom. The number of hydrogen-bond donors (Lipinski definition) is 2. The second kappa shape index (κ2) is 5.94. The quantitative estimate of drug-likeness (QED) is 0.669. The summed E-state index contributed by atoms with van der Waals surface area (Å²) in [6.07, 6.45) is 0. The summed E-state index contributed by atoms with van der Waals surface area (Å²) >= 11 is 6.19. The third kappa shape index (κ3) is 2.80. The Hall–Kier alpha value is -1.11. The maximum atomic E-state index is 6.19. The molecule has 3 rings (SSSR count). The van der Waals surface area contributed by atoms with Crippen LogP contribution in [0.1, 0.15) is 11.8 Å². The number of likely N-dealkylation sites (N-methyl/N-ethyl adjacent to an activating group) is 2. The molecule has 0 saturated carbocycles. The Bertz CT molecular complexity index is 629. The molecule has 0 aliphatic carbocycles. The van der Waals surface area contributed by atoms with Gasteiger partial charge in [-0.2, -0.15) is 0 Å². The lowest BCUT2D eigenvalue weighted by molar-refractivity contribution is 0.0820. The van der Waals surface area contributed by atoms with E-state index in [4.69, 9.17) is 21.9 Å². The number of hydrogen-bond acceptors (Lipinski definition) is 5. The van der Waals surface area contributed by atoms with E-state index in [2.05, 4.69) is 29.3 Å². The summed E-state index contributed by atoms with van der Waals surface area (Å²) in [6, 6.07) is 7.97. The van der Waals surface area contributed by atoms with Crippen LogP contribution >= 0.6 is 11.6 Å². The molecule has 0 radical (unpaired) electrons. The van der Waals surface area contributed by atoms with Crippen LogP contribution < -0.4 is 11.3 Å². The van der Waals surface area contributed by atoms with Crippen LogP contribution in [0, 0.1) is 0 Å². The molecule has 21 heavy (non-hydrogen) atoms. The van der Waals surface area contributed by atoms with E-state index in [9.17, 15) is 0 Å². The molecule has 0 spiro atoms. The van der Waals surface area contributed by atoms with Crippen molar-refractivity contribution in [2.24, 2.45) is 5.84 Å². The van der Waals surface area contributed by atoms with Gasteiger partial charge in [0.05, 0.1) is 11.1 Å². The third-order valence-electron chi connectivity index (χ3n) is 4.29. The van der Waals surface area contributed by atoms with Gasteiger partial charge in [-0.05, 0) is 26.2 Å². The van der Waals surface area contributed by atoms with E-state index in [-0.39, 0.29) is 12.1 Å². The first-order valence-electron chi connectivity index (χ1n) is 7.13. The zero-order chi connectivity index (χ0) is 15.0. The molecular weight excluding hydrogens is 288 g/mol. The second-order valence-electron chi connectivity index (χ2n) is 5.76. The summed E-state index contributed by atoms with van der Waals surface area (Å²) in [5, 5.41) is 1.63. The first kappa shape index (κ1) is 14.8. The monoisotopic (exact) mass is 308 g/mol. The lowest BCUT2D eigenvalue weighted by atomic mass is 10.0. The molecule has 0 bridgehead atoms. The van der Waals surface area contributed by atoms with Crippen molar-refractivity contribution in [2.75, 3.05) is 33.7 Å². The van der Waals surface area contributed by atoms with E-state index < -0.39 is 0 Å². The van der Waals surface area contributed by atoms with Crippen molar-refractivity contribution in [2.45, 2.75) is 12.1 Å². The van der Waals surface area contributed by atoms with Crippen LogP contribution in [-0.4, -0.2) is 49.6 Å². The van der Waals surface area contributed by atoms with E-state index in [1.807, 2.05) is 24.3 Å². The van der Waals surface area contributed by atoms with E-state index in [0.29, 0.717) is 5.02 Å². The van der Waals surface area contributed by atoms with Crippen LogP contribution in [0.3, 0.4) is 0 Å². The Kier molecular flexibility index (Phi) is 4.19. The predicted molar refractivity (Wildman–Crippen MR) is 85.2 cm³/mol. The summed E-state index contributed by atoms with van der Waals surface area (Å²) in [6.45, 7) is 3.02. The number of furan rings is 1. The molecule has 2 unspecified atom stereocenters. The van der Waals surface area contributed by atoms with Gasteiger partial charge in [0.15, 0.2) is 5.58 Å².